The van der Waals surface area contributed by atoms with E-state index < -0.39 is 20.0 Å². The zero-order chi connectivity index (χ0) is 42.8. The molecular weight excluding hydrogens is 744 g/mol. The van der Waals surface area contributed by atoms with Gasteiger partial charge in [-0.2, -0.15) is 0 Å². The van der Waals surface area contributed by atoms with Gasteiger partial charge in [-0.15, -0.1) is 0 Å². The molecule has 0 aliphatic heterocycles. The summed E-state index contributed by atoms with van der Waals surface area (Å²) in [5.74, 6) is -0.195. The molecule has 0 saturated heterocycles. The quantitative estimate of drug-likeness (QED) is 0.0273. The molecular formula is C49H99N2O6P. The summed E-state index contributed by atoms with van der Waals surface area (Å²) in [6.07, 6.45) is 48.4. The van der Waals surface area contributed by atoms with Crippen LogP contribution in [0.3, 0.4) is 0 Å². The maximum absolute atomic E-state index is 12.8. The largest absolute Gasteiger partial charge is 0.756 e. The van der Waals surface area contributed by atoms with Gasteiger partial charge in [0, 0.05) is 6.42 Å². The monoisotopic (exact) mass is 843 g/mol. The van der Waals surface area contributed by atoms with E-state index in [0.29, 0.717) is 17.4 Å². The van der Waals surface area contributed by atoms with Crippen molar-refractivity contribution in [2.75, 3.05) is 40.9 Å². The Kier molecular flexibility index (Phi) is 41.0. The molecule has 3 unspecified atom stereocenters. The molecule has 9 heteroatoms. The minimum atomic E-state index is -4.58. The van der Waals surface area contributed by atoms with Crippen LogP contribution in [-0.2, 0) is 18.4 Å². The van der Waals surface area contributed by atoms with Crippen LogP contribution in [0.25, 0.3) is 0 Å². The number of amides is 1. The van der Waals surface area contributed by atoms with E-state index in [1.54, 1.807) is 6.08 Å². The Morgan fingerprint density at radius 3 is 1.29 bits per heavy atom. The molecule has 3 atom stereocenters. The average Bonchev–Trinajstić information content (AvgIpc) is 3.17. The number of phosphoric ester groups is 1. The molecule has 0 bridgehead atoms. The number of nitrogens with one attached hydrogen (secondary N) is 1. The Hall–Kier alpha value is -0.760. The lowest BCUT2D eigenvalue weighted by atomic mass is 10.0. The van der Waals surface area contributed by atoms with Crippen molar-refractivity contribution < 1.29 is 32.9 Å². The van der Waals surface area contributed by atoms with Crippen molar-refractivity contribution in [3.63, 3.8) is 0 Å². The van der Waals surface area contributed by atoms with Gasteiger partial charge in [-0.1, -0.05) is 231 Å². The molecule has 0 radical (unpaired) electrons. The van der Waals surface area contributed by atoms with Crippen LogP contribution < -0.4 is 10.2 Å². The number of nitrogens with zero attached hydrogens (tertiary/aromatic N) is 1. The van der Waals surface area contributed by atoms with Crippen LogP contribution in [0.15, 0.2) is 12.2 Å². The highest BCUT2D eigenvalue weighted by molar-refractivity contribution is 7.45. The highest BCUT2D eigenvalue weighted by Gasteiger charge is 2.23. The predicted octanol–water partition coefficient (Wildman–Crippen LogP) is 13.7. The summed E-state index contributed by atoms with van der Waals surface area (Å²) in [6.45, 7) is 4.67. The van der Waals surface area contributed by atoms with Gasteiger partial charge in [-0.3, -0.25) is 9.36 Å². The first-order valence-electron chi connectivity index (χ1n) is 25.1. The van der Waals surface area contributed by atoms with Gasteiger partial charge in [-0.05, 0) is 19.3 Å². The zero-order valence-corrected chi connectivity index (χ0v) is 40.2. The molecule has 58 heavy (non-hydrogen) atoms. The second-order valence-electron chi connectivity index (χ2n) is 18.5. The number of hydrogen-bond donors (Lipinski definition) is 2. The fourth-order valence-electron chi connectivity index (χ4n) is 7.51. The third-order valence-corrected chi connectivity index (χ3v) is 12.5. The Balaban J connectivity index is 4.22. The van der Waals surface area contributed by atoms with Crippen LogP contribution in [0.2, 0.25) is 0 Å². The molecule has 0 aliphatic carbocycles. The van der Waals surface area contributed by atoms with Gasteiger partial charge in [0.25, 0.3) is 7.82 Å². The number of quaternary nitrogens is 1. The van der Waals surface area contributed by atoms with Crippen molar-refractivity contribution in [1.29, 1.82) is 0 Å². The number of aliphatic hydroxyl groups is 1. The number of unbranched alkanes of at least 4 members (excludes halogenated alkanes) is 33. The fourth-order valence-corrected chi connectivity index (χ4v) is 8.23. The molecule has 0 rings (SSSR count). The third-order valence-electron chi connectivity index (χ3n) is 11.5. The zero-order valence-electron chi connectivity index (χ0n) is 39.3. The fraction of sp³-hybridized carbons (Fsp3) is 0.939. The lowest BCUT2D eigenvalue weighted by Gasteiger charge is -2.29. The first-order valence-corrected chi connectivity index (χ1v) is 26.5. The minimum absolute atomic E-state index is 0.00224. The SMILES string of the molecule is CCCCCCCCCCCCCCCCCCCCCCCC/C=C/C(O)C(COP(=O)([O-])OCC[N+](C)(C)C)NC(=O)CCCCCCCCCCCCCC. The lowest BCUT2D eigenvalue weighted by molar-refractivity contribution is -0.870. The van der Waals surface area contributed by atoms with Crippen LogP contribution in [-0.4, -0.2) is 68.5 Å². The molecule has 8 nitrogen and oxygen atoms in total. The summed E-state index contributed by atoms with van der Waals surface area (Å²) in [7, 11) is 1.27. The molecule has 0 aliphatic rings. The summed E-state index contributed by atoms with van der Waals surface area (Å²) < 4.78 is 23.2. The Bertz CT molecular complexity index is 958. The Labute approximate surface area is 361 Å². The second kappa shape index (κ2) is 41.6. The van der Waals surface area contributed by atoms with Gasteiger partial charge < -0.3 is 28.8 Å². The molecule has 0 heterocycles. The normalized spacial score (nSPS) is 14.3. The lowest BCUT2D eigenvalue weighted by Crippen LogP contribution is -2.45. The van der Waals surface area contributed by atoms with E-state index in [1.807, 2.05) is 27.2 Å². The molecule has 0 saturated carbocycles. The molecule has 346 valence electrons. The van der Waals surface area contributed by atoms with Crippen molar-refractivity contribution in [3.8, 4) is 0 Å². The highest BCUT2D eigenvalue weighted by Crippen LogP contribution is 2.38. The van der Waals surface area contributed by atoms with Crippen molar-refractivity contribution in [1.82, 2.24) is 5.32 Å². The van der Waals surface area contributed by atoms with E-state index in [-0.39, 0.29) is 19.1 Å². The molecule has 0 aromatic heterocycles. The maximum Gasteiger partial charge on any atom is 0.268 e. The first-order chi connectivity index (χ1) is 28.0. The van der Waals surface area contributed by atoms with Gasteiger partial charge in [-0.25, -0.2) is 0 Å². The number of carbonyl (C=O) groups excluding carboxylic acids is 1. The summed E-state index contributed by atoms with van der Waals surface area (Å²) >= 11 is 0. The van der Waals surface area contributed by atoms with E-state index in [2.05, 4.69) is 19.2 Å². The maximum atomic E-state index is 12.8. The summed E-state index contributed by atoms with van der Waals surface area (Å²) in [5, 5.41) is 13.8. The number of aliphatic hydroxyl groups excluding tert-OH is 1. The van der Waals surface area contributed by atoms with Gasteiger partial charge in [0.1, 0.15) is 13.2 Å². The molecule has 0 aromatic carbocycles. The predicted molar refractivity (Wildman–Crippen MR) is 247 cm³/mol. The van der Waals surface area contributed by atoms with E-state index in [9.17, 15) is 19.4 Å². The molecule has 0 fully saturated rings. The van der Waals surface area contributed by atoms with E-state index in [1.165, 1.54) is 186 Å². The van der Waals surface area contributed by atoms with E-state index in [4.69, 9.17) is 9.05 Å². The number of phosphoric acid groups is 1. The van der Waals surface area contributed by atoms with Crippen molar-refractivity contribution in [2.24, 2.45) is 0 Å². The number of carbonyl (C=O) groups is 1. The van der Waals surface area contributed by atoms with Crippen LogP contribution in [0.4, 0.5) is 0 Å². The van der Waals surface area contributed by atoms with Crippen molar-refractivity contribution in [2.45, 2.75) is 257 Å². The molecule has 0 aromatic rings. The summed E-state index contributed by atoms with van der Waals surface area (Å²) in [6, 6.07) is -0.880. The number of likely N-dealkylation sites (N-methyl/N-ethyl adjacent to an activating group) is 1. The van der Waals surface area contributed by atoms with Crippen LogP contribution in [0.5, 0.6) is 0 Å². The van der Waals surface area contributed by atoms with Crippen LogP contribution >= 0.6 is 7.82 Å². The standard InChI is InChI=1S/C49H99N2O6P/c1-6-8-10-12-14-16-18-20-21-22-23-24-25-26-27-28-29-30-31-32-34-36-38-40-42-48(52)47(46-57-58(54,55)56-45-44-51(3,4)5)50-49(53)43-41-39-37-35-33-19-17-15-13-11-9-7-2/h40,42,47-48,52H,6-39,41,43-46H2,1-5H3,(H-,50,53,54,55)/b42-40+. The average molecular weight is 843 g/mol. The topological polar surface area (TPSA) is 108 Å². The highest BCUT2D eigenvalue weighted by atomic mass is 31.2. The summed E-state index contributed by atoms with van der Waals surface area (Å²) in [4.78, 5) is 25.3. The third kappa shape index (κ3) is 43.3. The molecule has 1 amide bonds. The van der Waals surface area contributed by atoms with Gasteiger partial charge in [0.05, 0.1) is 39.9 Å². The number of allylic oxidation sites excluding steroid dienone is 1. The van der Waals surface area contributed by atoms with Crippen molar-refractivity contribution in [3.05, 3.63) is 12.2 Å². The Morgan fingerprint density at radius 2 is 0.931 bits per heavy atom. The smallest absolute Gasteiger partial charge is 0.268 e. The first kappa shape index (κ1) is 57.2. The van der Waals surface area contributed by atoms with Gasteiger partial charge in [0.15, 0.2) is 0 Å². The van der Waals surface area contributed by atoms with Crippen LogP contribution in [0, 0.1) is 0 Å². The minimum Gasteiger partial charge on any atom is -0.756 e. The number of rotatable bonds is 46. The van der Waals surface area contributed by atoms with Gasteiger partial charge in [0.2, 0.25) is 5.91 Å². The van der Waals surface area contributed by atoms with Gasteiger partial charge >= 0.3 is 0 Å². The van der Waals surface area contributed by atoms with E-state index in [0.717, 1.165) is 38.5 Å². The second-order valence-corrected chi connectivity index (χ2v) is 19.9. The number of hydrogen-bond acceptors (Lipinski definition) is 6. The molecule has 0 spiro atoms. The Morgan fingerprint density at radius 1 is 0.586 bits per heavy atom. The molecule has 2 N–H and O–H groups in total. The van der Waals surface area contributed by atoms with Crippen LogP contribution in [0.1, 0.15) is 245 Å². The summed E-state index contributed by atoms with van der Waals surface area (Å²) in [5.41, 5.74) is 0. The van der Waals surface area contributed by atoms with E-state index >= 15 is 0 Å². The van der Waals surface area contributed by atoms with Crippen molar-refractivity contribution >= 4 is 13.7 Å².